The summed E-state index contributed by atoms with van der Waals surface area (Å²) in [6.45, 7) is 0.0877. The van der Waals surface area contributed by atoms with Crippen LogP contribution < -0.4 is 25.3 Å². The Kier molecular flexibility index (Phi) is 7.59. The first-order valence-corrected chi connectivity index (χ1v) is 8.71. The van der Waals surface area contributed by atoms with Gasteiger partial charge in [-0.25, -0.2) is 4.79 Å². The molecule has 2 unspecified atom stereocenters. The second-order valence-electron chi connectivity index (χ2n) is 6.15. The van der Waals surface area contributed by atoms with Crippen LogP contribution >= 0.6 is 0 Å². The van der Waals surface area contributed by atoms with Crippen molar-refractivity contribution in [1.29, 1.82) is 0 Å². The van der Waals surface area contributed by atoms with E-state index >= 15 is 0 Å². The highest BCUT2D eigenvalue weighted by Gasteiger charge is 2.21. The molecule has 1 aromatic rings. The van der Waals surface area contributed by atoms with Crippen molar-refractivity contribution in [3.63, 3.8) is 0 Å². The minimum absolute atomic E-state index is 0.0753. The van der Waals surface area contributed by atoms with E-state index in [0.717, 1.165) is 31.2 Å². The molecule has 0 bridgehead atoms. The lowest BCUT2D eigenvalue weighted by Crippen LogP contribution is -2.47. The number of carbonyl (C=O) groups excluding carboxylic acids is 1. The molecule has 26 heavy (non-hydrogen) atoms. The molecule has 7 heteroatoms. The first-order chi connectivity index (χ1) is 12.6. The lowest BCUT2D eigenvalue weighted by atomic mass is 9.96. The molecule has 0 spiro atoms. The average molecular weight is 364 g/mol. The van der Waals surface area contributed by atoms with Crippen molar-refractivity contribution < 1.29 is 23.7 Å². The number of nitrogens with two attached hydrogens (primary N) is 1. The van der Waals surface area contributed by atoms with E-state index < -0.39 is 6.09 Å². The highest BCUT2D eigenvalue weighted by Crippen LogP contribution is 2.38. The fourth-order valence-corrected chi connectivity index (χ4v) is 2.96. The van der Waals surface area contributed by atoms with Gasteiger partial charge < -0.3 is 30.0 Å². The molecular formula is C19H28N2O5. The summed E-state index contributed by atoms with van der Waals surface area (Å²) in [5.41, 5.74) is 6.90. The van der Waals surface area contributed by atoms with Crippen molar-refractivity contribution in [1.82, 2.24) is 5.32 Å². The number of benzene rings is 1. The fraction of sp³-hybridized carbons (Fsp3) is 0.526. The molecule has 0 saturated heterocycles. The number of amides is 1. The predicted octanol–water partition coefficient (Wildman–Crippen LogP) is 2.76. The maximum absolute atomic E-state index is 12.2. The average Bonchev–Trinajstić information content (AvgIpc) is 2.65. The number of methoxy groups -OCH3 is 3. The summed E-state index contributed by atoms with van der Waals surface area (Å²) >= 11 is 0. The third kappa shape index (κ3) is 5.29. The van der Waals surface area contributed by atoms with Gasteiger partial charge in [-0.1, -0.05) is 12.2 Å². The van der Waals surface area contributed by atoms with Crippen LogP contribution in [0.4, 0.5) is 4.79 Å². The third-order valence-electron chi connectivity index (χ3n) is 4.39. The molecule has 3 N–H and O–H groups in total. The Morgan fingerprint density at radius 3 is 2.27 bits per heavy atom. The standard InChI is InChI=1S/C19H28N2O5/c1-23-16-10-13(11-17(24-2)18(16)25-3)12-26-19(22)21-15-9-7-5-4-6-8-14(15)20/h4-5,10-11,14-15H,6-9,12,20H2,1-3H3,(H,21,22)/b5-4+. The van der Waals surface area contributed by atoms with Crippen LogP contribution in [0.5, 0.6) is 17.2 Å². The number of nitrogens with one attached hydrogen (secondary N) is 1. The summed E-state index contributed by atoms with van der Waals surface area (Å²) in [7, 11) is 4.62. The minimum Gasteiger partial charge on any atom is -0.493 e. The van der Waals surface area contributed by atoms with Crippen molar-refractivity contribution >= 4 is 6.09 Å². The van der Waals surface area contributed by atoms with Gasteiger partial charge in [-0.2, -0.15) is 0 Å². The van der Waals surface area contributed by atoms with Crippen molar-refractivity contribution in [2.45, 2.75) is 44.4 Å². The highest BCUT2D eigenvalue weighted by atomic mass is 16.5. The maximum atomic E-state index is 12.2. The molecule has 1 aliphatic rings. The van der Waals surface area contributed by atoms with E-state index in [1.165, 1.54) is 7.11 Å². The van der Waals surface area contributed by atoms with Crippen LogP contribution in [0.3, 0.4) is 0 Å². The van der Waals surface area contributed by atoms with E-state index in [-0.39, 0.29) is 18.7 Å². The van der Waals surface area contributed by atoms with Gasteiger partial charge in [0.1, 0.15) is 6.61 Å². The molecule has 1 amide bonds. The molecule has 0 radical (unpaired) electrons. The van der Waals surface area contributed by atoms with Crippen LogP contribution in [0.25, 0.3) is 0 Å². The van der Waals surface area contributed by atoms with Gasteiger partial charge in [0.25, 0.3) is 0 Å². The van der Waals surface area contributed by atoms with Crippen molar-refractivity contribution in [2.75, 3.05) is 21.3 Å². The molecule has 144 valence electrons. The number of ether oxygens (including phenoxy) is 4. The smallest absolute Gasteiger partial charge is 0.407 e. The highest BCUT2D eigenvalue weighted by molar-refractivity contribution is 5.67. The predicted molar refractivity (Wildman–Crippen MR) is 98.8 cm³/mol. The Hall–Kier alpha value is -2.41. The Morgan fingerprint density at radius 1 is 1.08 bits per heavy atom. The zero-order valence-electron chi connectivity index (χ0n) is 15.6. The second-order valence-corrected chi connectivity index (χ2v) is 6.15. The van der Waals surface area contributed by atoms with E-state index in [4.69, 9.17) is 24.7 Å². The fourth-order valence-electron chi connectivity index (χ4n) is 2.96. The largest absolute Gasteiger partial charge is 0.493 e. The molecule has 7 nitrogen and oxygen atoms in total. The Balaban J connectivity index is 1.97. The molecule has 0 aliphatic heterocycles. The molecular weight excluding hydrogens is 336 g/mol. The van der Waals surface area contributed by atoms with Gasteiger partial charge >= 0.3 is 6.09 Å². The van der Waals surface area contributed by atoms with Gasteiger partial charge in [0.2, 0.25) is 5.75 Å². The van der Waals surface area contributed by atoms with Crippen molar-refractivity contribution in [3.05, 3.63) is 29.8 Å². The number of hydrogen-bond donors (Lipinski definition) is 2. The Morgan fingerprint density at radius 2 is 1.69 bits per heavy atom. The minimum atomic E-state index is -0.483. The van der Waals surface area contributed by atoms with Gasteiger partial charge in [0.15, 0.2) is 11.5 Å². The van der Waals surface area contributed by atoms with E-state index in [9.17, 15) is 4.79 Å². The van der Waals surface area contributed by atoms with Crippen LogP contribution in [-0.4, -0.2) is 39.5 Å². The zero-order chi connectivity index (χ0) is 18.9. The number of allylic oxidation sites excluding steroid dienone is 2. The quantitative estimate of drug-likeness (QED) is 0.754. The molecule has 0 saturated carbocycles. The monoisotopic (exact) mass is 364 g/mol. The van der Waals surface area contributed by atoms with Crippen molar-refractivity contribution in [3.8, 4) is 17.2 Å². The molecule has 2 atom stereocenters. The molecule has 2 rings (SSSR count). The maximum Gasteiger partial charge on any atom is 0.407 e. The second kappa shape index (κ2) is 9.91. The lowest BCUT2D eigenvalue weighted by molar-refractivity contribution is 0.132. The normalized spacial score (nSPS) is 21.1. The van der Waals surface area contributed by atoms with E-state index in [2.05, 4.69) is 17.5 Å². The number of hydrogen-bond acceptors (Lipinski definition) is 6. The first-order valence-electron chi connectivity index (χ1n) is 8.71. The van der Waals surface area contributed by atoms with Crippen LogP contribution in [0, 0.1) is 0 Å². The Bertz CT molecular complexity index is 607. The Labute approximate surface area is 154 Å². The summed E-state index contributed by atoms with van der Waals surface area (Å²) in [5.74, 6) is 1.52. The van der Waals surface area contributed by atoms with Crippen molar-refractivity contribution in [2.24, 2.45) is 5.73 Å². The topological polar surface area (TPSA) is 92.0 Å². The lowest BCUT2D eigenvalue weighted by Gasteiger charge is -2.25. The third-order valence-corrected chi connectivity index (χ3v) is 4.39. The van der Waals surface area contributed by atoms with Crippen LogP contribution in [0.2, 0.25) is 0 Å². The number of rotatable bonds is 6. The van der Waals surface area contributed by atoms with E-state index in [1.54, 1.807) is 26.4 Å². The number of carbonyl (C=O) groups is 1. The van der Waals surface area contributed by atoms with Gasteiger partial charge in [-0.3, -0.25) is 0 Å². The van der Waals surface area contributed by atoms with Gasteiger partial charge in [0, 0.05) is 12.1 Å². The summed E-state index contributed by atoms with van der Waals surface area (Å²) in [5, 5.41) is 2.88. The summed E-state index contributed by atoms with van der Waals surface area (Å²) < 4.78 is 21.2. The zero-order valence-corrected chi connectivity index (χ0v) is 15.6. The van der Waals surface area contributed by atoms with Gasteiger partial charge in [-0.15, -0.1) is 0 Å². The summed E-state index contributed by atoms with van der Waals surface area (Å²) in [6, 6.07) is 3.34. The van der Waals surface area contributed by atoms with Gasteiger partial charge in [-0.05, 0) is 43.4 Å². The van der Waals surface area contributed by atoms with Gasteiger partial charge in [0.05, 0.1) is 21.3 Å². The first kappa shape index (κ1) is 19.9. The van der Waals surface area contributed by atoms with Crippen LogP contribution in [-0.2, 0) is 11.3 Å². The van der Waals surface area contributed by atoms with Crippen LogP contribution in [0.1, 0.15) is 31.2 Å². The number of alkyl carbamates (subject to hydrolysis) is 1. The van der Waals surface area contributed by atoms with E-state index in [0.29, 0.717) is 17.2 Å². The molecule has 1 aliphatic carbocycles. The summed E-state index contributed by atoms with van der Waals surface area (Å²) in [6.07, 6.45) is 7.25. The molecule has 0 heterocycles. The van der Waals surface area contributed by atoms with Crippen LogP contribution in [0.15, 0.2) is 24.3 Å². The van der Waals surface area contributed by atoms with E-state index in [1.807, 2.05) is 0 Å². The molecule has 1 aromatic carbocycles. The molecule has 0 fully saturated rings. The molecule has 0 aromatic heterocycles. The SMILES string of the molecule is COc1cc(COC(=O)NC2CC/C=C/CCC2N)cc(OC)c1OC. The summed E-state index contributed by atoms with van der Waals surface area (Å²) in [4.78, 5) is 12.2.